The predicted octanol–water partition coefficient (Wildman–Crippen LogP) is 0.362. The van der Waals surface area contributed by atoms with Crippen molar-refractivity contribution in [2.75, 3.05) is 32.9 Å². The van der Waals surface area contributed by atoms with Crippen LogP contribution in [0.3, 0.4) is 0 Å². The highest BCUT2D eigenvalue weighted by Crippen LogP contribution is 2.17. The molecule has 1 aliphatic rings. The van der Waals surface area contributed by atoms with Crippen molar-refractivity contribution in [1.82, 2.24) is 9.80 Å². The molecular formula is C12H24N2O3S. The number of sulfone groups is 1. The van der Waals surface area contributed by atoms with E-state index in [0.29, 0.717) is 32.0 Å². The van der Waals surface area contributed by atoms with Gasteiger partial charge in [0.15, 0.2) is 9.84 Å². The van der Waals surface area contributed by atoms with Crippen molar-refractivity contribution in [3.05, 3.63) is 0 Å². The lowest BCUT2D eigenvalue weighted by atomic mass is 10.3. The lowest BCUT2D eigenvalue weighted by Gasteiger charge is -2.22. The summed E-state index contributed by atoms with van der Waals surface area (Å²) in [4.78, 5) is 15.7. The van der Waals surface area contributed by atoms with Crippen LogP contribution in [0.4, 0.5) is 0 Å². The van der Waals surface area contributed by atoms with Gasteiger partial charge in [-0.15, -0.1) is 0 Å². The molecule has 1 saturated heterocycles. The minimum atomic E-state index is -3.02. The standard InChI is InChI=1S/C12H24N2O3S/c1-10(2)13(3)7-6-12(15)14-8-5-11(9-14)18(4,16)17/h10-11H,5-9H2,1-4H3. The fourth-order valence-corrected chi connectivity index (χ4v) is 2.98. The molecule has 6 heteroatoms. The summed E-state index contributed by atoms with van der Waals surface area (Å²) in [6.07, 6.45) is 2.29. The van der Waals surface area contributed by atoms with E-state index in [2.05, 4.69) is 18.7 Å². The van der Waals surface area contributed by atoms with Crippen molar-refractivity contribution >= 4 is 15.7 Å². The van der Waals surface area contributed by atoms with Gasteiger partial charge in [0.1, 0.15) is 0 Å². The summed E-state index contributed by atoms with van der Waals surface area (Å²) in [6, 6.07) is 0.417. The van der Waals surface area contributed by atoms with E-state index < -0.39 is 9.84 Å². The monoisotopic (exact) mass is 276 g/mol. The Hall–Kier alpha value is -0.620. The van der Waals surface area contributed by atoms with Crippen LogP contribution in [0, 0.1) is 0 Å². The van der Waals surface area contributed by atoms with Crippen LogP contribution in [0.25, 0.3) is 0 Å². The van der Waals surface area contributed by atoms with E-state index in [0.717, 1.165) is 6.54 Å². The number of carbonyl (C=O) groups is 1. The first kappa shape index (κ1) is 15.4. The van der Waals surface area contributed by atoms with Gasteiger partial charge in [0, 0.05) is 38.4 Å². The zero-order valence-corrected chi connectivity index (χ0v) is 12.5. The summed E-state index contributed by atoms with van der Waals surface area (Å²) >= 11 is 0. The summed E-state index contributed by atoms with van der Waals surface area (Å²) in [5.74, 6) is 0.0636. The van der Waals surface area contributed by atoms with Gasteiger partial charge in [-0.2, -0.15) is 0 Å². The van der Waals surface area contributed by atoms with E-state index in [9.17, 15) is 13.2 Å². The van der Waals surface area contributed by atoms with Crippen molar-refractivity contribution in [1.29, 1.82) is 0 Å². The Balaban J connectivity index is 2.41. The SMILES string of the molecule is CC(C)N(C)CCC(=O)N1CCC(S(C)(=O)=O)C1. The van der Waals surface area contributed by atoms with E-state index >= 15 is 0 Å². The van der Waals surface area contributed by atoms with E-state index in [4.69, 9.17) is 0 Å². The molecule has 0 saturated carbocycles. The quantitative estimate of drug-likeness (QED) is 0.727. The summed E-state index contributed by atoms with van der Waals surface area (Å²) < 4.78 is 22.8. The summed E-state index contributed by atoms with van der Waals surface area (Å²) in [5, 5.41) is -0.371. The maximum absolute atomic E-state index is 11.9. The molecule has 0 aromatic rings. The molecule has 1 aliphatic heterocycles. The molecule has 1 atom stereocenters. The van der Waals surface area contributed by atoms with Gasteiger partial charge < -0.3 is 9.80 Å². The second-order valence-corrected chi connectivity index (χ2v) is 7.73. The molecule has 18 heavy (non-hydrogen) atoms. The minimum absolute atomic E-state index is 0.0636. The van der Waals surface area contributed by atoms with Gasteiger partial charge in [-0.1, -0.05) is 0 Å². The van der Waals surface area contributed by atoms with Crippen LogP contribution in [0.15, 0.2) is 0 Å². The minimum Gasteiger partial charge on any atom is -0.341 e. The Labute approximate surface area is 110 Å². The predicted molar refractivity (Wildman–Crippen MR) is 72.2 cm³/mol. The average molecular weight is 276 g/mol. The second kappa shape index (κ2) is 6.02. The number of amides is 1. The third kappa shape index (κ3) is 4.24. The van der Waals surface area contributed by atoms with Crippen molar-refractivity contribution in [3.8, 4) is 0 Å². The zero-order valence-electron chi connectivity index (χ0n) is 11.7. The van der Waals surface area contributed by atoms with Crippen molar-refractivity contribution in [2.45, 2.75) is 38.0 Å². The highest BCUT2D eigenvalue weighted by Gasteiger charge is 2.32. The Morgan fingerprint density at radius 1 is 1.44 bits per heavy atom. The van der Waals surface area contributed by atoms with Gasteiger partial charge in [0.25, 0.3) is 0 Å². The highest BCUT2D eigenvalue weighted by atomic mass is 32.2. The normalized spacial score (nSPS) is 21.0. The first-order valence-electron chi connectivity index (χ1n) is 6.38. The lowest BCUT2D eigenvalue weighted by Crippen LogP contribution is -2.35. The molecule has 1 rings (SSSR count). The van der Waals surface area contributed by atoms with Crippen LogP contribution in [0.2, 0.25) is 0 Å². The molecule has 0 bridgehead atoms. The molecule has 1 amide bonds. The maximum Gasteiger partial charge on any atom is 0.223 e. The summed E-state index contributed by atoms with van der Waals surface area (Å²) in [6.45, 7) is 5.82. The summed E-state index contributed by atoms with van der Waals surface area (Å²) in [7, 11) is -1.03. The van der Waals surface area contributed by atoms with Gasteiger partial charge in [-0.3, -0.25) is 4.79 Å². The van der Waals surface area contributed by atoms with Crippen LogP contribution in [0.5, 0.6) is 0 Å². The molecule has 0 aliphatic carbocycles. The van der Waals surface area contributed by atoms with Crippen LogP contribution < -0.4 is 0 Å². The largest absolute Gasteiger partial charge is 0.341 e. The first-order valence-corrected chi connectivity index (χ1v) is 8.34. The van der Waals surface area contributed by atoms with E-state index in [-0.39, 0.29) is 11.2 Å². The zero-order chi connectivity index (χ0) is 13.9. The van der Waals surface area contributed by atoms with Crippen LogP contribution in [-0.4, -0.2) is 68.4 Å². The van der Waals surface area contributed by atoms with Gasteiger partial charge in [-0.25, -0.2) is 8.42 Å². The molecule has 1 heterocycles. The number of nitrogens with zero attached hydrogens (tertiary/aromatic N) is 2. The van der Waals surface area contributed by atoms with Crippen LogP contribution in [0.1, 0.15) is 26.7 Å². The highest BCUT2D eigenvalue weighted by molar-refractivity contribution is 7.91. The van der Waals surface area contributed by atoms with Crippen LogP contribution in [-0.2, 0) is 14.6 Å². The van der Waals surface area contributed by atoms with E-state index in [1.807, 2.05) is 7.05 Å². The molecule has 0 aromatic heterocycles. The number of likely N-dealkylation sites (tertiary alicyclic amines) is 1. The van der Waals surface area contributed by atoms with Crippen molar-refractivity contribution in [2.24, 2.45) is 0 Å². The smallest absolute Gasteiger partial charge is 0.223 e. The number of hydrogen-bond donors (Lipinski definition) is 0. The first-order chi connectivity index (χ1) is 8.21. The van der Waals surface area contributed by atoms with Gasteiger partial charge in [-0.05, 0) is 27.3 Å². The van der Waals surface area contributed by atoms with E-state index in [1.165, 1.54) is 6.26 Å². The molecule has 5 nitrogen and oxygen atoms in total. The number of rotatable bonds is 5. The Kier molecular flexibility index (Phi) is 5.16. The number of carbonyl (C=O) groups excluding carboxylic acids is 1. The third-order valence-corrected chi connectivity index (χ3v) is 5.26. The maximum atomic E-state index is 11.9. The lowest BCUT2D eigenvalue weighted by molar-refractivity contribution is -0.130. The molecule has 0 aromatic carbocycles. The van der Waals surface area contributed by atoms with Crippen LogP contribution >= 0.6 is 0 Å². The fourth-order valence-electron chi connectivity index (χ4n) is 1.99. The molecule has 1 fully saturated rings. The summed E-state index contributed by atoms with van der Waals surface area (Å²) in [5.41, 5.74) is 0. The average Bonchev–Trinajstić information content (AvgIpc) is 2.73. The fraction of sp³-hybridized carbons (Fsp3) is 0.917. The molecule has 0 N–H and O–H groups in total. The Morgan fingerprint density at radius 2 is 2.06 bits per heavy atom. The Morgan fingerprint density at radius 3 is 2.50 bits per heavy atom. The molecule has 0 radical (unpaired) electrons. The topological polar surface area (TPSA) is 57.7 Å². The van der Waals surface area contributed by atoms with Gasteiger partial charge in [0.2, 0.25) is 5.91 Å². The van der Waals surface area contributed by atoms with E-state index in [1.54, 1.807) is 4.90 Å². The van der Waals surface area contributed by atoms with Crippen molar-refractivity contribution < 1.29 is 13.2 Å². The van der Waals surface area contributed by atoms with Gasteiger partial charge in [0.05, 0.1) is 5.25 Å². The van der Waals surface area contributed by atoms with Crippen molar-refractivity contribution in [3.63, 3.8) is 0 Å². The Bertz CT molecular complexity index is 392. The molecular weight excluding hydrogens is 252 g/mol. The molecule has 0 spiro atoms. The third-order valence-electron chi connectivity index (χ3n) is 3.66. The second-order valence-electron chi connectivity index (χ2n) is 5.40. The van der Waals surface area contributed by atoms with Gasteiger partial charge >= 0.3 is 0 Å². The molecule has 1 unspecified atom stereocenters. The molecule has 106 valence electrons. The number of hydrogen-bond acceptors (Lipinski definition) is 4.